The first kappa shape index (κ1) is 17.0. The van der Waals surface area contributed by atoms with Crippen LogP contribution in [0.4, 0.5) is 5.69 Å². The first-order valence-electron chi connectivity index (χ1n) is 6.85. The molecule has 0 radical (unpaired) electrons. The second-order valence-electron chi connectivity index (χ2n) is 4.96. The van der Waals surface area contributed by atoms with Crippen LogP contribution < -0.4 is 4.74 Å². The average Bonchev–Trinajstić information content (AvgIpc) is 2.47. The van der Waals surface area contributed by atoms with Gasteiger partial charge in [0.2, 0.25) is 0 Å². The van der Waals surface area contributed by atoms with Crippen molar-refractivity contribution < 1.29 is 4.74 Å². The summed E-state index contributed by atoms with van der Waals surface area (Å²) in [4.78, 5) is 4.59. The summed E-state index contributed by atoms with van der Waals surface area (Å²) in [5.74, 6) is 0.767. The molecule has 2 rings (SSSR count). The van der Waals surface area contributed by atoms with Crippen molar-refractivity contribution in [2.24, 2.45) is 4.99 Å². The zero-order valence-corrected chi connectivity index (χ0v) is 15.7. The number of hydrogen-bond donors (Lipinski definition) is 0. The predicted octanol–water partition coefficient (Wildman–Crippen LogP) is 6.14. The molecule has 2 nitrogen and oxygen atoms in total. The van der Waals surface area contributed by atoms with Gasteiger partial charge in [-0.3, -0.25) is 4.99 Å². The first-order chi connectivity index (χ1) is 10.5. The lowest BCUT2D eigenvalue weighted by atomic mass is 10.1. The molecule has 0 aromatic heterocycles. The second-order valence-corrected chi connectivity index (χ2v) is 6.67. The van der Waals surface area contributed by atoms with Crippen molar-refractivity contribution in [1.29, 1.82) is 0 Å². The predicted molar refractivity (Wildman–Crippen MR) is 101 cm³/mol. The maximum absolute atomic E-state index is 5.61. The van der Waals surface area contributed by atoms with E-state index in [0.717, 1.165) is 31.5 Å². The van der Waals surface area contributed by atoms with Gasteiger partial charge in [-0.1, -0.05) is 24.8 Å². The summed E-state index contributed by atoms with van der Waals surface area (Å²) in [5, 5.41) is 0. The molecule has 0 aliphatic rings. The number of aliphatic imine (C=N–C) groups is 1. The van der Waals surface area contributed by atoms with Crippen LogP contribution >= 0.6 is 31.9 Å². The third kappa shape index (κ3) is 4.31. The Balaban J connectivity index is 2.28. The van der Waals surface area contributed by atoms with E-state index in [4.69, 9.17) is 4.74 Å². The van der Waals surface area contributed by atoms with Gasteiger partial charge in [-0.2, -0.15) is 0 Å². The van der Waals surface area contributed by atoms with Crippen molar-refractivity contribution in [3.8, 4) is 5.75 Å². The number of aryl methyl sites for hydroxylation is 2. The Morgan fingerprint density at radius 1 is 1.14 bits per heavy atom. The van der Waals surface area contributed by atoms with Gasteiger partial charge in [0, 0.05) is 6.21 Å². The average molecular weight is 423 g/mol. The smallest absolute Gasteiger partial charge is 0.148 e. The normalized spacial score (nSPS) is 10.9. The molecule has 0 spiro atoms. The van der Waals surface area contributed by atoms with Gasteiger partial charge >= 0.3 is 0 Å². The molecule has 22 heavy (non-hydrogen) atoms. The number of ether oxygens (including phenoxy) is 1. The van der Waals surface area contributed by atoms with E-state index in [2.05, 4.69) is 75.5 Å². The summed E-state index contributed by atoms with van der Waals surface area (Å²) in [5.41, 5.74) is 4.34. The Kier molecular flexibility index (Phi) is 5.98. The third-order valence-corrected chi connectivity index (χ3v) is 4.26. The highest BCUT2D eigenvalue weighted by Gasteiger charge is 2.08. The molecule has 0 bridgehead atoms. The number of hydrogen-bond acceptors (Lipinski definition) is 2. The number of benzene rings is 2. The van der Waals surface area contributed by atoms with Crippen LogP contribution in [0.15, 0.2) is 56.9 Å². The van der Waals surface area contributed by atoms with Crippen molar-refractivity contribution >= 4 is 43.8 Å². The molecular weight excluding hydrogens is 406 g/mol. The van der Waals surface area contributed by atoms with Crippen LogP contribution in [0.1, 0.15) is 16.7 Å². The number of nitrogens with zero attached hydrogens (tertiary/aromatic N) is 1. The Labute approximate surface area is 148 Å². The molecule has 2 aromatic rings. The molecular formula is C18H17Br2NO. The minimum absolute atomic E-state index is 0.465. The molecule has 4 heteroatoms. The van der Waals surface area contributed by atoms with E-state index in [1.807, 2.05) is 18.3 Å². The lowest BCUT2D eigenvalue weighted by molar-refractivity contribution is 0.358. The van der Waals surface area contributed by atoms with Gasteiger partial charge in [0.1, 0.15) is 12.4 Å². The van der Waals surface area contributed by atoms with E-state index in [9.17, 15) is 0 Å². The summed E-state index contributed by atoms with van der Waals surface area (Å²) >= 11 is 7.06. The molecule has 0 N–H and O–H groups in total. The molecule has 0 aliphatic carbocycles. The number of halogens is 2. The zero-order valence-electron chi connectivity index (χ0n) is 12.6. The molecule has 0 saturated heterocycles. The topological polar surface area (TPSA) is 21.6 Å². The van der Waals surface area contributed by atoms with E-state index in [0.29, 0.717) is 6.61 Å². The fourth-order valence-electron chi connectivity index (χ4n) is 1.94. The minimum atomic E-state index is 0.465. The lowest BCUT2D eigenvalue weighted by Crippen LogP contribution is -1.96. The van der Waals surface area contributed by atoms with E-state index >= 15 is 0 Å². The van der Waals surface area contributed by atoms with Gasteiger partial charge in [-0.15, -0.1) is 0 Å². The molecule has 0 fully saturated rings. The molecule has 114 valence electrons. The van der Waals surface area contributed by atoms with E-state index in [1.165, 1.54) is 5.56 Å². The molecule has 0 aliphatic heterocycles. The van der Waals surface area contributed by atoms with Crippen LogP contribution in [-0.4, -0.2) is 12.8 Å². The van der Waals surface area contributed by atoms with E-state index < -0.39 is 0 Å². The van der Waals surface area contributed by atoms with Crippen LogP contribution in [0.5, 0.6) is 5.75 Å². The van der Waals surface area contributed by atoms with Crippen LogP contribution in [0.3, 0.4) is 0 Å². The SMILES string of the molecule is C=CCOc1c(Br)cc(C=Nc2cc(C)ccc2C)cc1Br. The maximum atomic E-state index is 5.61. The second kappa shape index (κ2) is 7.75. The maximum Gasteiger partial charge on any atom is 0.148 e. The molecule has 0 heterocycles. The highest BCUT2D eigenvalue weighted by atomic mass is 79.9. The molecule has 0 saturated carbocycles. The van der Waals surface area contributed by atoms with Crippen molar-refractivity contribution in [1.82, 2.24) is 0 Å². The van der Waals surface area contributed by atoms with Gasteiger partial charge in [-0.25, -0.2) is 0 Å². The van der Waals surface area contributed by atoms with Gasteiger partial charge in [-0.05, 0) is 80.6 Å². The van der Waals surface area contributed by atoms with Crippen LogP contribution in [-0.2, 0) is 0 Å². The first-order valence-corrected chi connectivity index (χ1v) is 8.44. The monoisotopic (exact) mass is 421 g/mol. The summed E-state index contributed by atoms with van der Waals surface area (Å²) in [6.45, 7) is 8.25. The lowest BCUT2D eigenvalue weighted by Gasteiger charge is -2.09. The highest BCUT2D eigenvalue weighted by molar-refractivity contribution is 9.11. The summed E-state index contributed by atoms with van der Waals surface area (Å²) in [7, 11) is 0. The summed E-state index contributed by atoms with van der Waals surface area (Å²) < 4.78 is 7.37. The Bertz CT molecular complexity index is 700. The fraction of sp³-hybridized carbons (Fsp3) is 0.167. The van der Waals surface area contributed by atoms with Crippen molar-refractivity contribution in [2.45, 2.75) is 13.8 Å². The minimum Gasteiger partial charge on any atom is -0.487 e. The quantitative estimate of drug-likeness (QED) is 0.418. The summed E-state index contributed by atoms with van der Waals surface area (Å²) in [6, 6.07) is 10.2. The third-order valence-electron chi connectivity index (χ3n) is 3.08. The summed E-state index contributed by atoms with van der Waals surface area (Å²) in [6.07, 6.45) is 3.57. The van der Waals surface area contributed by atoms with E-state index in [-0.39, 0.29) is 0 Å². The van der Waals surface area contributed by atoms with Gasteiger partial charge in [0.15, 0.2) is 0 Å². The Morgan fingerprint density at radius 2 is 1.82 bits per heavy atom. The van der Waals surface area contributed by atoms with Crippen LogP contribution in [0, 0.1) is 13.8 Å². The van der Waals surface area contributed by atoms with Gasteiger partial charge < -0.3 is 4.74 Å². The van der Waals surface area contributed by atoms with Crippen LogP contribution in [0.2, 0.25) is 0 Å². The highest BCUT2D eigenvalue weighted by Crippen LogP contribution is 2.34. The van der Waals surface area contributed by atoms with E-state index in [1.54, 1.807) is 6.08 Å². The van der Waals surface area contributed by atoms with Crippen LogP contribution in [0.25, 0.3) is 0 Å². The Morgan fingerprint density at radius 3 is 2.45 bits per heavy atom. The van der Waals surface area contributed by atoms with Crippen molar-refractivity contribution in [3.63, 3.8) is 0 Å². The van der Waals surface area contributed by atoms with Crippen molar-refractivity contribution in [3.05, 3.63) is 68.6 Å². The molecule has 2 aromatic carbocycles. The molecule has 0 unspecified atom stereocenters. The van der Waals surface area contributed by atoms with Gasteiger partial charge in [0.25, 0.3) is 0 Å². The zero-order chi connectivity index (χ0) is 16.1. The molecule has 0 amide bonds. The van der Waals surface area contributed by atoms with Crippen molar-refractivity contribution in [2.75, 3.05) is 6.61 Å². The Hall–Kier alpha value is -1.39. The standard InChI is InChI=1S/C18H17Br2NO/c1-4-7-22-18-15(19)9-14(10-16(18)20)11-21-17-8-12(2)5-6-13(17)3/h4-6,8-11H,1,7H2,2-3H3. The molecule has 0 atom stereocenters. The van der Waals surface area contributed by atoms with Gasteiger partial charge in [0.05, 0.1) is 14.6 Å². The largest absolute Gasteiger partial charge is 0.487 e. The fourth-order valence-corrected chi connectivity index (χ4v) is 3.39. The number of rotatable bonds is 5.